The van der Waals surface area contributed by atoms with Gasteiger partial charge in [0.2, 0.25) is 0 Å². The van der Waals surface area contributed by atoms with Crippen LogP contribution >= 0.6 is 0 Å². The summed E-state index contributed by atoms with van der Waals surface area (Å²) < 4.78 is 16.0. The van der Waals surface area contributed by atoms with Crippen LogP contribution in [-0.4, -0.2) is 4.57 Å². The maximum Gasteiger partial charge on any atom is 0.159 e. The molecule has 3 aromatic heterocycles. The first-order valence-electron chi connectivity index (χ1n) is 20.2. The molecule has 0 bridgehead atoms. The second kappa shape index (κ2) is 13.1. The monoisotopic (exact) mass is 746 g/mol. The quantitative estimate of drug-likeness (QED) is 0.170. The molecule has 2 aliphatic rings. The molecule has 2 aliphatic carbocycles. The van der Waals surface area contributed by atoms with Crippen LogP contribution in [0.1, 0.15) is 42.1 Å². The number of nitrogens with zero attached hydrogens (tertiary/aromatic N) is 2. The number of hydrogen-bond donors (Lipinski definition) is 0. The topological polar surface area (TPSA) is 34.5 Å². The predicted octanol–water partition coefficient (Wildman–Crippen LogP) is 13.3. The standard InChI is InChI=1S/C54H38N2O2/c1-2-14-35(15-3-1)37-16-12-17-39(32-37)55(50-25-13-22-45-43-20-6-10-26-51(43)58-54(45)50)38-30-28-36(29-31-38)46-33-40(34-47-44-21-7-11-27-52(44)57-53(46)47)56-48-23-8-4-18-41(48)42-19-5-9-24-49(42)56/h1-6,8-10,12-32,34,46H,7,11,33H2. The number of aromatic nitrogens is 1. The van der Waals surface area contributed by atoms with Gasteiger partial charge in [0, 0.05) is 61.7 Å². The molecule has 12 rings (SSSR count). The average Bonchev–Trinajstić information content (AvgIpc) is 3.97. The van der Waals surface area contributed by atoms with Crippen molar-refractivity contribution in [3.63, 3.8) is 0 Å². The second-order valence-corrected chi connectivity index (χ2v) is 15.5. The smallest absolute Gasteiger partial charge is 0.159 e. The zero-order valence-corrected chi connectivity index (χ0v) is 31.8. The molecule has 3 heterocycles. The van der Waals surface area contributed by atoms with Gasteiger partial charge in [-0.05, 0) is 90.2 Å². The highest BCUT2D eigenvalue weighted by Crippen LogP contribution is 2.46. The van der Waals surface area contributed by atoms with Crippen molar-refractivity contribution in [2.45, 2.75) is 25.2 Å². The molecule has 0 spiro atoms. The normalized spacial score (nSPS) is 14.9. The third kappa shape index (κ3) is 5.15. The highest BCUT2D eigenvalue weighted by atomic mass is 16.3. The highest BCUT2D eigenvalue weighted by Gasteiger charge is 2.31. The summed E-state index contributed by atoms with van der Waals surface area (Å²) in [7, 11) is 0. The zero-order chi connectivity index (χ0) is 38.2. The van der Waals surface area contributed by atoms with Gasteiger partial charge >= 0.3 is 0 Å². The van der Waals surface area contributed by atoms with E-state index >= 15 is 0 Å². The first-order chi connectivity index (χ1) is 28.8. The number of furan rings is 2. The molecular weight excluding hydrogens is 709 g/mol. The van der Waals surface area contributed by atoms with Gasteiger partial charge in [-0.3, -0.25) is 0 Å². The Hall–Kier alpha value is -7.30. The minimum absolute atomic E-state index is 0.0324. The lowest BCUT2D eigenvalue weighted by Gasteiger charge is -2.28. The van der Waals surface area contributed by atoms with Gasteiger partial charge in [-0.25, -0.2) is 0 Å². The Bertz CT molecular complexity index is 3330. The van der Waals surface area contributed by atoms with Crippen molar-refractivity contribution in [3.8, 4) is 11.1 Å². The third-order valence-electron chi connectivity index (χ3n) is 12.2. The van der Waals surface area contributed by atoms with Crippen molar-refractivity contribution in [2.75, 3.05) is 4.90 Å². The Morgan fingerprint density at radius 2 is 1.21 bits per heavy atom. The summed E-state index contributed by atoms with van der Waals surface area (Å²) >= 11 is 0. The largest absolute Gasteiger partial charge is 0.460 e. The Balaban J connectivity index is 1.02. The summed E-state index contributed by atoms with van der Waals surface area (Å²) in [5, 5.41) is 5.99. The van der Waals surface area contributed by atoms with Crippen LogP contribution in [0.15, 0.2) is 179 Å². The van der Waals surface area contributed by atoms with Gasteiger partial charge in [-0.15, -0.1) is 0 Å². The minimum atomic E-state index is 0.0324. The lowest BCUT2D eigenvalue weighted by Crippen LogP contribution is -2.24. The van der Waals surface area contributed by atoms with Crippen molar-refractivity contribution in [1.82, 2.24) is 4.57 Å². The van der Waals surface area contributed by atoms with E-state index in [1.165, 1.54) is 49.4 Å². The van der Waals surface area contributed by atoms with E-state index < -0.39 is 0 Å². The van der Waals surface area contributed by atoms with E-state index in [2.05, 4.69) is 191 Å². The lowest BCUT2D eigenvalue weighted by molar-refractivity contribution is 0.456. The molecule has 0 fully saturated rings. The summed E-state index contributed by atoms with van der Waals surface area (Å²) in [6.45, 7) is 0. The van der Waals surface area contributed by atoms with Crippen molar-refractivity contribution in [2.24, 2.45) is 0 Å². The number of hydrogen-bond acceptors (Lipinski definition) is 3. The van der Waals surface area contributed by atoms with Crippen molar-refractivity contribution < 1.29 is 8.83 Å². The molecule has 7 aromatic carbocycles. The molecule has 4 heteroatoms. The first-order valence-corrected chi connectivity index (χ1v) is 20.2. The van der Waals surface area contributed by atoms with E-state index in [-0.39, 0.29) is 5.92 Å². The van der Waals surface area contributed by atoms with Crippen LogP contribution < -0.4 is 15.5 Å². The van der Waals surface area contributed by atoms with Gasteiger partial charge in [0.25, 0.3) is 0 Å². The van der Waals surface area contributed by atoms with Crippen LogP contribution in [0.5, 0.6) is 0 Å². The van der Waals surface area contributed by atoms with Crippen LogP contribution in [0.4, 0.5) is 17.1 Å². The number of anilines is 3. The fraction of sp³-hybridized carbons (Fsp3) is 0.0741. The summed E-state index contributed by atoms with van der Waals surface area (Å²) in [5.41, 5.74) is 14.4. The van der Waals surface area contributed by atoms with Gasteiger partial charge < -0.3 is 18.3 Å². The number of para-hydroxylation sites is 4. The molecule has 0 N–H and O–H groups in total. The fourth-order valence-corrected chi connectivity index (χ4v) is 9.54. The van der Waals surface area contributed by atoms with Gasteiger partial charge in [-0.1, -0.05) is 127 Å². The number of fused-ring (bicyclic) bond motifs is 9. The molecule has 0 radical (unpaired) electrons. The van der Waals surface area contributed by atoms with Crippen LogP contribution in [-0.2, 0) is 0 Å². The van der Waals surface area contributed by atoms with E-state index in [1.54, 1.807) is 0 Å². The van der Waals surface area contributed by atoms with Crippen molar-refractivity contribution in [1.29, 1.82) is 0 Å². The number of allylic oxidation sites excluding steroid dienone is 1. The molecule has 4 nitrogen and oxygen atoms in total. The molecule has 0 saturated heterocycles. The van der Waals surface area contributed by atoms with Gasteiger partial charge in [-0.2, -0.15) is 0 Å². The SMILES string of the molecule is C1=C(n2c3ccccc3c3ccccc32)CC(c2ccc(N(c3cccc(-c4ccccc4)c3)c3cccc4c3oc3ccccc34)cc2)c2oc3c(c21)=CCCC=3. The van der Waals surface area contributed by atoms with Crippen molar-refractivity contribution >= 4 is 84.7 Å². The summed E-state index contributed by atoms with van der Waals surface area (Å²) in [6, 6.07) is 60.9. The van der Waals surface area contributed by atoms with Gasteiger partial charge in [0.1, 0.15) is 16.8 Å². The van der Waals surface area contributed by atoms with E-state index in [0.717, 1.165) is 75.0 Å². The van der Waals surface area contributed by atoms with E-state index in [0.29, 0.717) is 0 Å². The van der Waals surface area contributed by atoms with Gasteiger partial charge in [0.15, 0.2) is 5.58 Å². The average molecular weight is 747 g/mol. The number of benzene rings is 7. The van der Waals surface area contributed by atoms with Gasteiger partial charge in [0.05, 0.1) is 16.7 Å². The third-order valence-corrected chi connectivity index (χ3v) is 12.2. The molecule has 0 amide bonds. The summed E-state index contributed by atoms with van der Waals surface area (Å²) in [6.07, 6.45) is 9.86. The molecule has 1 atom stereocenters. The van der Waals surface area contributed by atoms with E-state index in [9.17, 15) is 0 Å². The summed E-state index contributed by atoms with van der Waals surface area (Å²) in [4.78, 5) is 2.34. The Morgan fingerprint density at radius 1 is 0.534 bits per heavy atom. The lowest BCUT2D eigenvalue weighted by atomic mass is 9.85. The zero-order valence-electron chi connectivity index (χ0n) is 31.8. The molecule has 0 aliphatic heterocycles. The molecule has 58 heavy (non-hydrogen) atoms. The maximum absolute atomic E-state index is 6.82. The van der Waals surface area contributed by atoms with E-state index in [1.807, 2.05) is 6.07 Å². The Morgan fingerprint density at radius 3 is 2.02 bits per heavy atom. The van der Waals surface area contributed by atoms with Crippen LogP contribution in [0.25, 0.3) is 78.8 Å². The second-order valence-electron chi connectivity index (χ2n) is 15.5. The molecule has 276 valence electrons. The Labute approximate surface area is 335 Å². The Kier molecular flexibility index (Phi) is 7.45. The van der Waals surface area contributed by atoms with Crippen LogP contribution in [0, 0.1) is 0 Å². The highest BCUT2D eigenvalue weighted by molar-refractivity contribution is 6.11. The first kappa shape index (κ1) is 32.9. The fourth-order valence-electron chi connectivity index (χ4n) is 9.54. The summed E-state index contributed by atoms with van der Waals surface area (Å²) in [5.74, 6) is 1.08. The molecular formula is C54H38N2O2. The molecule has 10 aromatic rings. The molecule has 0 saturated carbocycles. The van der Waals surface area contributed by atoms with Crippen LogP contribution in [0.2, 0.25) is 0 Å². The van der Waals surface area contributed by atoms with Crippen LogP contribution in [0.3, 0.4) is 0 Å². The minimum Gasteiger partial charge on any atom is -0.460 e. The predicted molar refractivity (Wildman–Crippen MR) is 240 cm³/mol. The molecule has 1 unspecified atom stereocenters. The van der Waals surface area contributed by atoms with Crippen molar-refractivity contribution in [3.05, 3.63) is 197 Å². The van der Waals surface area contributed by atoms with E-state index in [4.69, 9.17) is 8.83 Å². The number of rotatable bonds is 6. The maximum atomic E-state index is 6.82.